The Morgan fingerprint density at radius 1 is 1.00 bits per heavy atom. The highest BCUT2D eigenvalue weighted by Crippen LogP contribution is 2.21. The number of rotatable bonds is 8. The number of hydrogen-bond acceptors (Lipinski definition) is 9. The van der Waals surface area contributed by atoms with Crippen LogP contribution >= 0.6 is 0 Å². The number of ether oxygens (including phenoxy) is 2. The Kier molecular flexibility index (Phi) is 8.74. The van der Waals surface area contributed by atoms with E-state index in [-0.39, 0.29) is 19.4 Å². The van der Waals surface area contributed by atoms with Crippen molar-refractivity contribution in [3.63, 3.8) is 0 Å². The Morgan fingerprint density at radius 2 is 1.52 bits per heavy atom. The molecule has 0 aromatic carbocycles. The third-order valence-corrected chi connectivity index (χ3v) is 3.73. The summed E-state index contributed by atoms with van der Waals surface area (Å²) in [5.41, 5.74) is 4.01. The van der Waals surface area contributed by atoms with Gasteiger partial charge >= 0.3 is 18.0 Å². The van der Waals surface area contributed by atoms with Gasteiger partial charge in [0.25, 0.3) is 0 Å². The molecule has 31 heavy (non-hydrogen) atoms. The summed E-state index contributed by atoms with van der Waals surface area (Å²) in [7, 11) is 0. The third-order valence-electron chi connectivity index (χ3n) is 3.73. The van der Waals surface area contributed by atoms with Crippen LogP contribution in [-0.4, -0.2) is 56.8 Å². The molecule has 2 atom stereocenters. The van der Waals surface area contributed by atoms with Gasteiger partial charge in [-0.1, -0.05) is 0 Å². The highest BCUT2D eigenvalue weighted by Gasteiger charge is 2.34. The first-order valence-corrected chi connectivity index (χ1v) is 9.87. The number of nitrogens with one attached hydrogen (secondary N) is 1. The van der Waals surface area contributed by atoms with Gasteiger partial charge in [0.05, 0.1) is 5.92 Å². The van der Waals surface area contributed by atoms with E-state index in [0.717, 1.165) is 12.1 Å². The van der Waals surface area contributed by atoms with E-state index in [9.17, 15) is 24.6 Å². The molecule has 0 saturated carbocycles. The molecular weight excluding hydrogens is 410 g/mol. The van der Waals surface area contributed by atoms with Gasteiger partial charge in [0.15, 0.2) is 0 Å². The number of alkyl carbamates (subject to hydrolysis) is 1. The lowest BCUT2D eigenvalue weighted by Gasteiger charge is -2.27. The number of hydrogen-bond donors (Lipinski definition) is 4. The van der Waals surface area contributed by atoms with Crippen molar-refractivity contribution in [1.82, 2.24) is 10.0 Å². The van der Waals surface area contributed by atoms with Gasteiger partial charge in [-0.2, -0.15) is 0 Å². The molecule has 1 unspecified atom stereocenters. The molecule has 0 aliphatic heterocycles. The molecule has 176 valence electrons. The van der Waals surface area contributed by atoms with Gasteiger partial charge in [0.2, 0.25) is 11.8 Å². The highest BCUT2D eigenvalue weighted by molar-refractivity contribution is 5.83. The van der Waals surface area contributed by atoms with Crippen molar-refractivity contribution in [1.29, 1.82) is 0 Å². The van der Waals surface area contributed by atoms with Gasteiger partial charge in [-0.3, -0.25) is 4.79 Å². The summed E-state index contributed by atoms with van der Waals surface area (Å²) < 4.78 is 11.0. The zero-order chi connectivity index (χ0) is 24.0. The number of nitrogens with two attached hydrogens (primary N) is 1. The summed E-state index contributed by atoms with van der Waals surface area (Å²) in [6.07, 6.45) is -0.923. The Bertz CT molecular complexity index is 757. The number of carbonyl (C=O) groups is 3. The number of esters is 1. The lowest BCUT2D eigenvalue weighted by atomic mass is 9.96. The minimum absolute atomic E-state index is 0.136. The number of aromatic nitrogens is 1. The number of nitrogens with zero attached hydrogens (tertiary/aromatic N) is 1. The fraction of sp³-hybridized carbons (Fsp3) is 0.650. The van der Waals surface area contributed by atoms with Gasteiger partial charge in [0.1, 0.15) is 17.2 Å². The smallest absolute Gasteiger partial charge is 0.408 e. The molecule has 1 rings (SSSR count). The Balaban J connectivity index is 3.10. The molecule has 0 fully saturated rings. The third kappa shape index (κ3) is 9.16. The van der Waals surface area contributed by atoms with E-state index in [1.54, 1.807) is 41.5 Å². The molecule has 0 spiro atoms. The van der Waals surface area contributed by atoms with Crippen LogP contribution in [0.4, 0.5) is 4.79 Å². The second kappa shape index (κ2) is 10.4. The first-order chi connectivity index (χ1) is 14.1. The van der Waals surface area contributed by atoms with E-state index in [1.807, 2.05) is 0 Å². The van der Waals surface area contributed by atoms with Crippen LogP contribution in [0.25, 0.3) is 0 Å². The first kappa shape index (κ1) is 26.1. The van der Waals surface area contributed by atoms with Crippen molar-refractivity contribution in [3.8, 4) is 11.8 Å². The topological polar surface area (TPSA) is 162 Å². The van der Waals surface area contributed by atoms with Crippen LogP contribution < -0.4 is 15.9 Å². The molecule has 1 amide bonds. The lowest BCUT2D eigenvalue weighted by molar-refractivity contribution is -0.161. The maximum absolute atomic E-state index is 12.7. The summed E-state index contributed by atoms with van der Waals surface area (Å²) in [6, 6.07) is 0.855. The van der Waals surface area contributed by atoms with E-state index in [0.29, 0.717) is 4.73 Å². The van der Waals surface area contributed by atoms with Crippen molar-refractivity contribution in [3.05, 3.63) is 12.1 Å². The standard InChI is InChI=1S/C20H33N3O8/c1-19(2,3)29-16(26)12(9-10-21)11-13(22-18(28)30-20(4,5)6)17(27)31-23-14(24)7-8-15(23)25/h7-8,12-13,24-25H,9-11,21H2,1-6H3,(H,22,28)/t12?,13-/m0/s1. The van der Waals surface area contributed by atoms with Gasteiger partial charge in [-0.05, 0) is 60.9 Å². The van der Waals surface area contributed by atoms with Crippen molar-refractivity contribution >= 4 is 18.0 Å². The Hall–Kier alpha value is -2.95. The van der Waals surface area contributed by atoms with Crippen LogP contribution in [0.1, 0.15) is 54.4 Å². The molecule has 11 nitrogen and oxygen atoms in total. The molecule has 0 aliphatic rings. The molecule has 5 N–H and O–H groups in total. The predicted molar refractivity (Wildman–Crippen MR) is 110 cm³/mol. The van der Waals surface area contributed by atoms with Crippen LogP contribution in [-0.2, 0) is 19.1 Å². The van der Waals surface area contributed by atoms with Gasteiger partial charge in [-0.25, -0.2) is 9.59 Å². The summed E-state index contributed by atoms with van der Waals surface area (Å²) in [4.78, 5) is 42.6. The summed E-state index contributed by atoms with van der Waals surface area (Å²) >= 11 is 0. The quantitative estimate of drug-likeness (QED) is 0.435. The van der Waals surface area contributed by atoms with Crippen LogP contribution in [0.2, 0.25) is 0 Å². The molecule has 11 heteroatoms. The van der Waals surface area contributed by atoms with Gasteiger partial charge in [0, 0.05) is 12.1 Å². The zero-order valence-corrected chi connectivity index (χ0v) is 18.8. The molecule has 0 radical (unpaired) electrons. The molecular formula is C20H33N3O8. The summed E-state index contributed by atoms with van der Waals surface area (Å²) in [5.74, 6) is -3.53. The fourth-order valence-corrected chi connectivity index (χ4v) is 2.52. The normalized spacial score (nSPS) is 13.8. The minimum Gasteiger partial charge on any atom is -0.492 e. The highest BCUT2D eigenvalue weighted by atomic mass is 16.7. The molecule has 1 aromatic heterocycles. The van der Waals surface area contributed by atoms with Crippen molar-refractivity contribution < 1.29 is 38.9 Å². The maximum atomic E-state index is 12.7. The molecule has 1 heterocycles. The number of amides is 1. The SMILES string of the molecule is CC(C)(C)OC(=O)N[C@@H](CC(CCN)C(=O)OC(C)(C)C)C(=O)On1c(O)ccc1O. The van der Waals surface area contributed by atoms with Crippen LogP contribution in [0.3, 0.4) is 0 Å². The predicted octanol–water partition coefficient (Wildman–Crippen LogP) is 1.44. The molecule has 0 saturated heterocycles. The Morgan fingerprint density at radius 3 is 1.97 bits per heavy atom. The molecule has 0 bridgehead atoms. The molecule has 1 aromatic rings. The fourth-order valence-electron chi connectivity index (χ4n) is 2.52. The Labute approximate surface area is 181 Å². The average molecular weight is 443 g/mol. The average Bonchev–Trinajstić information content (AvgIpc) is 2.89. The van der Waals surface area contributed by atoms with Crippen molar-refractivity contribution in [2.24, 2.45) is 11.7 Å². The van der Waals surface area contributed by atoms with Gasteiger partial charge in [-0.15, -0.1) is 4.73 Å². The number of carbonyl (C=O) groups excluding carboxylic acids is 3. The van der Waals surface area contributed by atoms with Crippen LogP contribution in [0.15, 0.2) is 12.1 Å². The van der Waals surface area contributed by atoms with Crippen molar-refractivity contribution in [2.45, 2.75) is 71.6 Å². The first-order valence-electron chi connectivity index (χ1n) is 9.87. The molecule has 0 aliphatic carbocycles. The van der Waals surface area contributed by atoms with Crippen LogP contribution in [0.5, 0.6) is 11.8 Å². The second-order valence-corrected chi connectivity index (χ2v) is 9.00. The monoisotopic (exact) mass is 443 g/mol. The maximum Gasteiger partial charge on any atom is 0.408 e. The van der Waals surface area contributed by atoms with E-state index >= 15 is 0 Å². The summed E-state index contributed by atoms with van der Waals surface area (Å²) in [6.45, 7) is 10.2. The van der Waals surface area contributed by atoms with Gasteiger partial charge < -0.3 is 35.6 Å². The minimum atomic E-state index is -1.36. The van der Waals surface area contributed by atoms with Crippen LogP contribution in [0, 0.1) is 5.92 Å². The zero-order valence-electron chi connectivity index (χ0n) is 18.8. The second-order valence-electron chi connectivity index (χ2n) is 9.00. The lowest BCUT2D eigenvalue weighted by Crippen LogP contribution is -2.48. The van der Waals surface area contributed by atoms with E-state index in [4.69, 9.17) is 20.0 Å². The van der Waals surface area contributed by atoms with E-state index in [1.165, 1.54) is 0 Å². The van der Waals surface area contributed by atoms with E-state index < -0.39 is 53.0 Å². The summed E-state index contributed by atoms with van der Waals surface area (Å²) in [5, 5.41) is 21.8. The number of aromatic hydroxyl groups is 2. The van der Waals surface area contributed by atoms with Crippen molar-refractivity contribution in [2.75, 3.05) is 6.54 Å². The van der Waals surface area contributed by atoms with E-state index in [2.05, 4.69) is 5.32 Å². The largest absolute Gasteiger partial charge is 0.492 e.